The maximum absolute atomic E-state index is 13.0. The number of halogens is 2. The smallest absolute Gasteiger partial charge is 0.338 e. The predicted octanol–water partition coefficient (Wildman–Crippen LogP) is 4.16. The van der Waals surface area contributed by atoms with Crippen LogP contribution in [0.15, 0.2) is 70.1 Å². The molecule has 3 aromatic rings. The number of rotatable bonds is 6. The molecule has 0 aliphatic heterocycles. The Labute approximate surface area is 169 Å². The summed E-state index contributed by atoms with van der Waals surface area (Å²) in [6.07, 6.45) is 1.60. The summed E-state index contributed by atoms with van der Waals surface area (Å²) in [6.45, 7) is 0.411. The Bertz CT molecular complexity index is 1050. The van der Waals surface area contributed by atoms with Crippen LogP contribution in [0.3, 0.4) is 0 Å². The number of methoxy groups -OCH3 is 1. The molecular formula is C21H17BrFNO4. The molecular weight excluding hydrogens is 429 g/mol. The summed E-state index contributed by atoms with van der Waals surface area (Å²) in [4.78, 5) is 24.6. The molecule has 0 N–H and O–H groups in total. The van der Waals surface area contributed by atoms with Gasteiger partial charge < -0.3 is 14.0 Å². The number of hydrogen-bond acceptors (Lipinski definition) is 4. The van der Waals surface area contributed by atoms with Crippen LogP contribution in [0, 0.1) is 5.82 Å². The van der Waals surface area contributed by atoms with Gasteiger partial charge in [0.1, 0.15) is 22.6 Å². The summed E-state index contributed by atoms with van der Waals surface area (Å²) in [5.74, 6) is -0.395. The van der Waals surface area contributed by atoms with E-state index < -0.39 is 5.97 Å². The molecule has 2 aromatic carbocycles. The third-order valence-electron chi connectivity index (χ3n) is 4.14. The van der Waals surface area contributed by atoms with Gasteiger partial charge in [-0.1, -0.05) is 30.3 Å². The van der Waals surface area contributed by atoms with Crippen LogP contribution >= 0.6 is 15.9 Å². The molecule has 7 heteroatoms. The lowest BCUT2D eigenvalue weighted by atomic mass is 10.1. The number of benzene rings is 2. The zero-order chi connectivity index (χ0) is 20.1. The SMILES string of the molecule is COC(=O)c1ccccc1Cn1ccc(OCc2ccc(F)cc2)c(Br)c1=O. The van der Waals surface area contributed by atoms with E-state index in [2.05, 4.69) is 15.9 Å². The highest BCUT2D eigenvalue weighted by atomic mass is 79.9. The maximum Gasteiger partial charge on any atom is 0.338 e. The molecule has 144 valence electrons. The van der Waals surface area contributed by atoms with E-state index in [9.17, 15) is 14.0 Å². The quantitative estimate of drug-likeness (QED) is 0.534. The fraction of sp³-hybridized carbons (Fsp3) is 0.143. The highest BCUT2D eigenvalue weighted by Gasteiger charge is 2.14. The lowest BCUT2D eigenvalue weighted by Crippen LogP contribution is -2.22. The van der Waals surface area contributed by atoms with Gasteiger partial charge in [0.25, 0.3) is 5.56 Å². The molecule has 0 saturated heterocycles. The molecule has 0 atom stereocenters. The Morgan fingerprint density at radius 2 is 1.82 bits per heavy atom. The van der Waals surface area contributed by atoms with Crippen molar-refractivity contribution in [3.8, 4) is 5.75 Å². The minimum atomic E-state index is -0.457. The fourth-order valence-corrected chi connectivity index (χ4v) is 3.13. The molecule has 3 rings (SSSR count). The fourth-order valence-electron chi connectivity index (χ4n) is 2.66. The highest BCUT2D eigenvalue weighted by molar-refractivity contribution is 9.10. The molecule has 0 radical (unpaired) electrons. The molecule has 5 nitrogen and oxygen atoms in total. The summed E-state index contributed by atoms with van der Waals surface area (Å²) < 4.78 is 25.2. The van der Waals surface area contributed by atoms with Crippen molar-refractivity contribution in [3.05, 3.63) is 98.1 Å². The summed E-state index contributed by atoms with van der Waals surface area (Å²) >= 11 is 3.28. The first-order chi connectivity index (χ1) is 13.5. The molecule has 1 heterocycles. The van der Waals surface area contributed by atoms with Crippen molar-refractivity contribution >= 4 is 21.9 Å². The molecule has 1 aromatic heterocycles. The van der Waals surface area contributed by atoms with E-state index in [-0.39, 0.29) is 29.0 Å². The van der Waals surface area contributed by atoms with Crippen molar-refractivity contribution in [2.24, 2.45) is 0 Å². The minimum absolute atomic E-state index is 0.202. The molecule has 0 aliphatic rings. The topological polar surface area (TPSA) is 57.5 Å². The van der Waals surface area contributed by atoms with Gasteiger partial charge in [0.2, 0.25) is 0 Å². The lowest BCUT2D eigenvalue weighted by molar-refractivity contribution is 0.0599. The number of pyridine rings is 1. The lowest BCUT2D eigenvalue weighted by Gasteiger charge is -2.13. The number of hydrogen-bond donors (Lipinski definition) is 0. The van der Waals surface area contributed by atoms with Gasteiger partial charge in [0, 0.05) is 6.20 Å². The number of esters is 1. The zero-order valence-corrected chi connectivity index (χ0v) is 16.6. The monoisotopic (exact) mass is 445 g/mol. The summed E-state index contributed by atoms with van der Waals surface area (Å²) in [6, 6.07) is 14.6. The Morgan fingerprint density at radius 3 is 2.54 bits per heavy atom. The summed E-state index contributed by atoms with van der Waals surface area (Å²) in [7, 11) is 1.31. The molecule has 0 amide bonds. The van der Waals surface area contributed by atoms with E-state index in [1.807, 2.05) is 0 Å². The first-order valence-electron chi connectivity index (χ1n) is 8.42. The van der Waals surface area contributed by atoms with Gasteiger partial charge in [-0.3, -0.25) is 4.79 Å². The van der Waals surface area contributed by atoms with Gasteiger partial charge in [-0.2, -0.15) is 0 Å². The maximum atomic E-state index is 13.0. The van der Waals surface area contributed by atoms with Gasteiger partial charge in [0.05, 0.1) is 19.2 Å². The van der Waals surface area contributed by atoms with Gasteiger partial charge >= 0.3 is 5.97 Å². The van der Waals surface area contributed by atoms with Crippen LogP contribution in [0.4, 0.5) is 4.39 Å². The normalized spacial score (nSPS) is 10.5. The van der Waals surface area contributed by atoms with Crippen molar-refractivity contribution < 1.29 is 18.7 Å². The van der Waals surface area contributed by atoms with Crippen LogP contribution in [0.5, 0.6) is 5.75 Å². The van der Waals surface area contributed by atoms with Crippen LogP contribution in [0.25, 0.3) is 0 Å². The minimum Gasteiger partial charge on any atom is -0.487 e. The van der Waals surface area contributed by atoms with Crippen LogP contribution in [-0.4, -0.2) is 17.6 Å². The van der Waals surface area contributed by atoms with E-state index in [1.54, 1.807) is 48.7 Å². The van der Waals surface area contributed by atoms with E-state index in [0.717, 1.165) is 5.56 Å². The van der Waals surface area contributed by atoms with Crippen molar-refractivity contribution in [1.29, 1.82) is 0 Å². The van der Waals surface area contributed by atoms with Gasteiger partial charge in [-0.05, 0) is 51.3 Å². The number of carbonyl (C=O) groups is 1. The van der Waals surface area contributed by atoms with E-state index in [1.165, 1.54) is 23.8 Å². The second-order valence-electron chi connectivity index (χ2n) is 5.99. The summed E-state index contributed by atoms with van der Waals surface area (Å²) in [5.41, 5.74) is 1.56. The first kappa shape index (κ1) is 19.8. The number of ether oxygens (including phenoxy) is 2. The molecule has 0 fully saturated rings. The van der Waals surface area contributed by atoms with E-state index in [4.69, 9.17) is 9.47 Å². The average Bonchev–Trinajstić information content (AvgIpc) is 2.72. The Kier molecular flexibility index (Phi) is 6.26. The second kappa shape index (κ2) is 8.84. The molecule has 0 aliphatic carbocycles. The molecule has 28 heavy (non-hydrogen) atoms. The zero-order valence-electron chi connectivity index (χ0n) is 15.0. The summed E-state index contributed by atoms with van der Waals surface area (Å²) in [5, 5.41) is 0. The van der Waals surface area contributed by atoms with Crippen molar-refractivity contribution in [2.75, 3.05) is 7.11 Å². The highest BCUT2D eigenvalue weighted by Crippen LogP contribution is 2.22. The molecule has 0 unspecified atom stereocenters. The molecule has 0 spiro atoms. The van der Waals surface area contributed by atoms with Crippen molar-refractivity contribution in [3.63, 3.8) is 0 Å². The van der Waals surface area contributed by atoms with Gasteiger partial charge in [-0.25, -0.2) is 9.18 Å². The second-order valence-corrected chi connectivity index (χ2v) is 6.78. The molecule has 0 bridgehead atoms. The average molecular weight is 446 g/mol. The van der Waals surface area contributed by atoms with Crippen LogP contribution in [-0.2, 0) is 17.9 Å². The van der Waals surface area contributed by atoms with E-state index >= 15 is 0 Å². The number of nitrogens with zero attached hydrogens (tertiary/aromatic N) is 1. The van der Waals surface area contributed by atoms with Crippen LogP contribution in [0.1, 0.15) is 21.5 Å². The third kappa shape index (κ3) is 4.48. The van der Waals surface area contributed by atoms with Gasteiger partial charge in [-0.15, -0.1) is 0 Å². The molecule has 0 saturated carbocycles. The van der Waals surface area contributed by atoms with E-state index in [0.29, 0.717) is 16.9 Å². The van der Waals surface area contributed by atoms with Gasteiger partial charge in [0.15, 0.2) is 0 Å². The first-order valence-corrected chi connectivity index (χ1v) is 9.21. The predicted molar refractivity (Wildman–Crippen MR) is 106 cm³/mol. The number of aromatic nitrogens is 1. The Hall–Kier alpha value is -2.93. The Morgan fingerprint density at radius 1 is 1.11 bits per heavy atom. The van der Waals surface area contributed by atoms with Crippen molar-refractivity contribution in [2.45, 2.75) is 13.2 Å². The van der Waals surface area contributed by atoms with Crippen LogP contribution in [0.2, 0.25) is 0 Å². The largest absolute Gasteiger partial charge is 0.487 e. The standard InChI is InChI=1S/C21H17BrFNO4/c1-27-21(26)17-5-3-2-4-15(17)12-24-11-10-18(19(22)20(24)25)28-13-14-6-8-16(23)9-7-14/h2-11H,12-13H2,1H3. The Balaban J connectivity index is 1.80. The third-order valence-corrected chi connectivity index (χ3v) is 4.87. The number of carbonyl (C=O) groups excluding carboxylic acids is 1. The van der Waals surface area contributed by atoms with Crippen LogP contribution < -0.4 is 10.3 Å². The van der Waals surface area contributed by atoms with Crippen molar-refractivity contribution in [1.82, 2.24) is 4.57 Å².